The van der Waals surface area contributed by atoms with Gasteiger partial charge in [-0.05, 0) is 30.8 Å². The standard InChI is InChI=1S/C11H24N4O2S/c1-7(2)6-9(13)11(17)15-14-10(16)8(12)4-5-18-3/h7-9H,4-6,12-13H2,1-3H3,(H,14,16)(H,15,17). The highest BCUT2D eigenvalue weighted by atomic mass is 32.2. The number of carbonyl (C=O) groups is 2. The first kappa shape index (κ1) is 17.2. The summed E-state index contributed by atoms with van der Waals surface area (Å²) in [5, 5.41) is 0. The Hall–Kier alpha value is -0.790. The van der Waals surface area contributed by atoms with Crippen LogP contribution in [-0.4, -0.2) is 35.9 Å². The first-order valence-electron chi connectivity index (χ1n) is 5.98. The van der Waals surface area contributed by atoms with Crippen LogP contribution < -0.4 is 22.3 Å². The minimum Gasteiger partial charge on any atom is -0.320 e. The summed E-state index contributed by atoms with van der Waals surface area (Å²) in [5.41, 5.74) is 15.9. The smallest absolute Gasteiger partial charge is 0.255 e. The Balaban J connectivity index is 3.93. The van der Waals surface area contributed by atoms with Crippen LogP contribution in [0.1, 0.15) is 26.7 Å². The van der Waals surface area contributed by atoms with Crippen molar-refractivity contribution in [2.24, 2.45) is 17.4 Å². The van der Waals surface area contributed by atoms with Gasteiger partial charge in [0.15, 0.2) is 0 Å². The maximum atomic E-state index is 11.5. The van der Waals surface area contributed by atoms with E-state index >= 15 is 0 Å². The maximum absolute atomic E-state index is 11.5. The third-order valence-electron chi connectivity index (χ3n) is 2.34. The highest BCUT2D eigenvalue weighted by Crippen LogP contribution is 2.02. The molecule has 0 rings (SSSR count). The summed E-state index contributed by atoms with van der Waals surface area (Å²) in [6, 6.07) is -1.23. The van der Waals surface area contributed by atoms with E-state index in [-0.39, 0.29) is 0 Å². The van der Waals surface area contributed by atoms with Gasteiger partial charge in [0.1, 0.15) is 0 Å². The van der Waals surface area contributed by atoms with Gasteiger partial charge in [-0.25, -0.2) is 0 Å². The summed E-state index contributed by atoms with van der Waals surface area (Å²) in [7, 11) is 0. The lowest BCUT2D eigenvalue weighted by molar-refractivity contribution is -0.130. The first-order chi connectivity index (χ1) is 8.38. The van der Waals surface area contributed by atoms with Gasteiger partial charge in [-0.3, -0.25) is 20.4 Å². The first-order valence-corrected chi connectivity index (χ1v) is 7.37. The minimum atomic E-state index is -0.618. The number of thioether (sulfide) groups is 1. The van der Waals surface area contributed by atoms with Crippen LogP contribution in [0.5, 0.6) is 0 Å². The van der Waals surface area contributed by atoms with Gasteiger partial charge in [-0.2, -0.15) is 11.8 Å². The number of hydrogen-bond donors (Lipinski definition) is 4. The quantitative estimate of drug-likeness (QED) is 0.472. The van der Waals surface area contributed by atoms with Crippen LogP contribution in [0.25, 0.3) is 0 Å². The number of carbonyl (C=O) groups excluding carboxylic acids is 2. The molecule has 0 saturated heterocycles. The largest absolute Gasteiger partial charge is 0.320 e. The highest BCUT2D eigenvalue weighted by molar-refractivity contribution is 7.98. The maximum Gasteiger partial charge on any atom is 0.255 e. The molecule has 0 aliphatic heterocycles. The fraction of sp³-hybridized carbons (Fsp3) is 0.818. The average Bonchev–Trinajstić information content (AvgIpc) is 2.31. The van der Waals surface area contributed by atoms with Crippen LogP contribution >= 0.6 is 11.8 Å². The van der Waals surface area contributed by atoms with Gasteiger partial charge in [0.05, 0.1) is 12.1 Å². The van der Waals surface area contributed by atoms with Crippen molar-refractivity contribution in [3.63, 3.8) is 0 Å². The molecule has 0 aliphatic rings. The second-order valence-electron chi connectivity index (χ2n) is 4.60. The Morgan fingerprint density at radius 3 is 2.06 bits per heavy atom. The second kappa shape index (κ2) is 9.18. The molecule has 18 heavy (non-hydrogen) atoms. The Labute approximate surface area is 113 Å². The zero-order valence-electron chi connectivity index (χ0n) is 11.2. The molecule has 6 nitrogen and oxygen atoms in total. The Kier molecular flexibility index (Phi) is 8.78. The molecule has 0 saturated carbocycles. The molecular weight excluding hydrogens is 252 g/mol. The molecule has 2 amide bonds. The zero-order chi connectivity index (χ0) is 14.1. The van der Waals surface area contributed by atoms with Crippen molar-refractivity contribution < 1.29 is 9.59 Å². The van der Waals surface area contributed by atoms with E-state index in [4.69, 9.17) is 11.5 Å². The van der Waals surface area contributed by atoms with E-state index in [9.17, 15) is 9.59 Å². The molecule has 0 fully saturated rings. The van der Waals surface area contributed by atoms with Crippen molar-refractivity contribution in [2.45, 2.75) is 38.8 Å². The Morgan fingerprint density at radius 1 is 1.11 bits per heavy atom. The van der Waals surface area contributed by atoms with Crippen molar-refractivity contribution in [3.8, 4) is 0 Å². The van der Waals surface area contributed by atoms with Gasteiger partial charge >= 0.3 is 0 Å². The topological polar surface area (TPSA) is 110 Å². The molecule has 0 aromatic carbocycles. The zero-order valence-corrected chi connectivity index (χ0v) is 12.0. The molecule has 2 unspecified atom stereocenters. The summed E-state index contributed by atoms with van der Waals surface area (Å²) in [6.45, 7) is 3.95. The van der Waals surface area contributed by atoms with E-state index in [1.807, 2.05) is 20.1 Å². The molecule has 106 valence electrons. The monoisotopic (exact) mass is 276 g/mol. The minimum absolute atomic E-state index is 0.324. The van der Waals surface area contributed by atoms with Crippen LogP contribution in [0.3, 0.4) is 0 Å². The molecule has 0 aromatic heterocycles. The van der Waals surface area contributed by atoms with Crippen molar-refractivity contribution >= 4 is 23.6 Å². The Bertz CT molecular complexity index is 274. The molecule has 0 bridgehead atoms. The summed E-state index contributed by atoms with van der Waals surface area (Å²) < 4.78 is 0. The summed E-state index contributed by atoms with van der Waals surface area (Å²) in [4.78, 5) is 23.0. The van der Waals surface area contributed by atoms with E-state index in [0.717, 1.165) is 5.75 Å². The van der Waals surface area contributed by atoms with Crippen LogP contribution in [0.15, 0.2) is 0 Å². The van der Waals surface area contributed by atoms with E-state index in [0.29, 0.717) is 18.8 Å². The number of amides is 2. The van der Waals surface area contributed by atoms with Gasteiger partial charge in [0.2, 0.25) is 0 Å². The average molecular weight is 276 g/mol. The number of rotatable bonds is 7. The number of nitrogens with two attached hydrogens (primary N) is 2. The van der Waals surface area contributed by atoms with E-state index in [1.54, 1.807) is 11.8 Å². The SMILES string of the molecule is CSCCC(N)C(=O)NNC(=O)C(N)CC(C)C. The van der Waals surface area contributed by atoms with Gasteiger partial charge in [-0.15, -0.1) is 0 Å². The lowest BCUT2D eigenvalue weighted by Crippen LogP contribution is -2.53. The van der Waals surface area contributed by atoms with Crippen LogP contribution in [-0.2, 0) is 9.59 Å². The van der Waals surface area contributed by atoms with E-state index < -0.39 is 23.9 Å². The molecule has 0 spiro atoms. The molecule has 0 radical (unpaired) electrons. The highest BCUT2D eigenvalue weighted by Gasteiger charge is 2.17. The lowest BCUT2D eigenvalue weighted by atomic mass is 10.0. The van der Waals surface area contributed by atoms with Crippen LogP contribution in [0.4, 0.5) is 0 Å². The Morgan fingerprint density at radius 2 is 1.61 bits per heavy atom. The van der Waals surface area contributed by atoms with Gasteiger partial charge in [0.25, 0.3) is 11.8 Å². The molecule has 6 N–H and O–H groups in total. The van der Waals surface area contributed by atoms with Crippen LogP contribution in [0.2, 0.25) is 0 Å². The number of hydrazine groups is 1. The predicted octanol–water partition coefficient (Wildman–Crippen LogP) is -0.412. The predicted molar refractivity (Wildman–Crippen MR) is 74.7 cm³/mol. The van der Waals surface area contributed by atoms with Gasteiger partial charge in [-0.1, -0.05) is 13.8 Å². The lowest BCUT2D eigenvalue weighted by Gasteiger charge is -2.16. The number of hydrogen-bond acceptors (Lipinski definition) is 5. The van der Waals surface area contributed by atoms with Crippen molar-refractivity contribution in [1.29, 1.82) is 0 Å². The third-order valence-corrected chi connectivity index (χ3v) is 2.98. The molecule has 7 heteroatoms. The second-order valence-corrected chi connectivity index (χ2v) is 5.59. The van der Waals surface area contributed by atoms with Gasteiger partial charge in [0, 0.05) is 0 Å². The van der Waals surface area contributed by atoms with Crippen molar-refractivity contribution in [2.75, 3.05) is 12.0 Å². The van der Waals surface area contributed by atoms with Gasteiger partial charge < -0.3 is 11.5 Å². The summed E-state index contributed by atoms with van der Waals surface area (Å²) in [5.74, 6) is 0.337. The van der Waals surface area contributed by atoms with E-state index in [1.165, 1.54) is 0 Å². The van der Waals surface area contributed by atoms with Crippen molar-refractivity contribution in [1.82, 2.24) is 10.9 Å². The molecule has 2 atom stereocenters. The van der Waals surface area contributed by atoms with Crippen LogP contribution in [0, 0.1) is 5.92 Å². The number of nitrogens with one attached hydrogen (secondary N) is 2. The summed E-state index contributed by atoms with van der Waals surface area (Å²) >= 11 is 1.62. The third kappa shape index (κ3) is 7.52. The molecule has 0 heterocycles. The molecular formula is C11H24N4O2S. The fourth-order valence-electron chi connectivity index (χ4n) is 1.30. The normalized spacial score (nSPS) is 14.1. The summed E-state index contributed by atoms with van der Waals surface area (Å²) in [6.07, 6.45) is 3.08. The molecule has 0 aromatic rings. The fourth-order valence-corrected chi connectivity index (χ4v) is 1.79. The molecule has 0 aliphatic carbocycles. The van der Waals surface area contributed by atoms with E-state index in [2.05, 4.69) is 10.9 Å². The van der Waals surface area contributed by atoms with Crippen molar-refractivity contribution in [3.05, 3.63) is 0 Å².